The highest BCUT2D eigenvalue weighted by Crippen LogP contribution is 2.30. The summed E-state index contributed by atoms with van der Waals surface area (Å²) < 4.78 is 36.8. The molecule has 2 aromatic carbocycles. The van der Waals surface area contributed by atoms with Crippen molar-refractivity contribution in [2.45, 2.75) is 26.7 Å². The van der Waals surface area contributed by atoms with E-state index in [9.17, 15) is 13.2 Å². The van der Waals surface area contributed by atoms with E-state index in [1.54, 1.807) is 37.4 Å². The number of para-hydroxylation sites is 2. The third-order valence-corrected chi connectivity index (χ3v) is 5.41. The fourth-order valence-electron chi connectivity index (χ4n) is 2.92. The number of benzene rings is 2. The van der Waals surface area contributed by atoms with E-state index in [0.717, 1.165) is 11.8 Å². The van der Waals surface area contributed by atoms with Crippen LogP contribution in [0.1, 0.15) is 25.3 Å². The van der Waals surface area contributed by atoms with Crippen LogP contribution in [-0.2, 0) is 14.8 Å². The number of hydrogen-bond donors (Lipinski definition) is 1. The Morgan fingerprint density at radius 3 is 2.52 bits per heavy atom. The van der Waals surface area contributed by atoms with Crippen molar-refractivity contribution in [2.75, 3.05) is 36.1 Å². The summed E-state index contributed by atoms with van der Waals surface area (Å²) >= 11 is 0. The summed E-state index contributed by atoms with van der Waals surface area (Å²) in [5.74, 6) is 0.863. The van der Waals surface area contributed by atoms with E-state index < -0.39 is 10.0 Å². The lowest BCUT2D eigenvalue weighted by Gasteiger charge is -2.24. The Labute approximate surface area is 172 Å². The summed E-state index contributed by atoms with van der Waals surface area (Å²) in [6.45, 7) is 4.36. The van der Waals surface area contributed by atoms with Crippen molar-refractivity contribution < 1.29 is 22.7 Å². The lowest BCUT2D eigenvalue weighted by molar-refractivity contribution is -0.116. The minimum absolute atomic E-state index is 0.167. The summed E-state index contributed by atoms with van der Waals surface area (Å²) in [7, 11) is -1.99. The van der Waals surface area contributed by atoms with Crippen LogP contribution in [0.3, 0.4) is 0 Å². The first-order valence-electron chi connectivity index (χ1n) is 9.40. The maximum atomic E-state index is 12.4. The van der Waals surface area contributed by atoms with E-state index in [1.807, 2.05) is 26.0 Å². The second-order valence-corrected chi connectivity index (χ2v) is 8.50. The van der Waals surface area contributed by atoms with E-state index in [0.29, 0.717) is 35.9 Å². The maximum Gasteiger partial charge on any atom is 0.232 e. The number of hydrogen-bond acceptors (Lipinski definition) is 5. The molecular formula is C21H28N2O5S. The average Bonchev–Trinajstić information content (AvgIpc) is 2.65. The Balaban J connectivity index is 2.06. The Bertz CT molecular complexity index is 944. The van der Waals surface area contributed by atoms with Crippen LogP contribution in [0, 0.1) is 6.92 Å². The van der Waals surface area contributed by atoms with Crippen LogP contribution in [0.5, 0.6) is 11.5 Å². The van der Waals surface area contributed by atoms with Crippen LogP contribution in [-0.4, -0.2) is 40.8 Å². The van der Waals surface area contributed by atoms with Gasteiger partial charge in [-0.2, -0.15) is 0 Å². The van der Waals surface area contributed by atoms with Gasteiger partial charge >= 0.3 is 0 Å². The molecule has 0 radical (unpaired) electrons. The lowest BCUT2D eigenvalue weighted by atomic mass is 10.2. The molecule has 29 heavy (non-hydrogen) atoms. The molecular weight excluding hydrogens is 392 g/mol. The van der Waals surface area contributed by atoms with Gasteiger partial charge in [0.2, 0.25) is 15.9 Å². The number of carbonyl (C=O) groups excluding carboxylic acids is 1. The third-order valence-electron chi connectivity index (χ3n) is 4.23. The molecule has 0 aliphatic carbocycles. The highest BCUT2D eigenvalue weighted by molar-refractivity contribution is 7.92. The molecule has 0 aliphatic rings. The molecule has 0 unspecified atom stereocenters. The Morgan fingerprint density at radius 1 is 1.14 bits per heavy atom. The first-order valence-corrected chi connectivity index (χ1v) is 11.2. The van der Waals surface area contributed by atoms with Crippen LogP contribution in [0.2, 0.25) is 0 Å². The summed E-state index contributed by atoms with van der Waals surface area (Å²) in [4.78, 5) is 12.4. The molecule has 0 bridgehead atoms. The zero-order valence-electron chi connectivity index (χ0n) is 17.3. The minimum atomic E-state index is -3.53. The van der Waals surface area contributed by atoms with E-state index in [2.05, 4.69) is 5.32 Å². The molecule has 0 atom stereocenters. The quantitative estimate of drug-likeness (QED) is 0.635. The molecule has 0 aliphatic heterocycles. The van der Waals surface area contributed by atoms with E-state index in [-0.39, 0.29) is 18.9 Å². The molecule has 1 N–H and O–H groups in total. The van der Waals surface area contributed by atoms with Crippen LogP contribution >= 0.6 is 0 Å². The number of methoxy groups -OCH3 is 1. The first-order chi connectivity index (χ1) is 13.8. The van der Waals surface area contributed by atoms with Crippen LogP contribution in [0.25, 0.3) is 0 Å². The second kappa shape index (κ2) is 10.2. The molecule has 158 valence electrons. The van der Waals surface area contributed by atoms with Crippen molar-refractivity contribution in [1.82, 2.24) is 0 Å². The molecule has 0 heterocycles. The summed E-state index contributed by atoms with van der Waals surface area (Å²) in [6.07, 6.45) is 1.67. The number of carbonyl (C=O) groups is 1. The van der Waals surface area contributed by atoms with Gasteiger partial charge < -0.3 is 14.8 Å². The van der Waals surface area contributed by atoms with E-state index in [1.165, 1.54) is 4.31 Å². The van der Waals surface area contributed by atoms with Crippen molar-refractivity contribution in [3.8, 4) is 11.5 Å². The van der Waals surface area contributed by atoms with Crippen LogP contribution < -0.4 is 19.1 Å². The summed E-state index contributed by atoms with van der Waals surface area (Å²) in [6, 6.07) is 12.5. The van der Waals surface area contributed by atoms with E-state index >= 15 is 0 Å². The zero-order chi connectivity index (χ0) is 21.4. The standard InChI is InChI=1S/C21H28N2O5S/c1-5-28-20-10-7-6-9-18(20)23(29(4,25)26)14-8-11-21(24)22-17-15-16(2)12-13-19(17)27-3/h6-7,9-10,12-13,15H,5,8,11,14H2,1-4H3,(H,22,24). The van der Waals surface area contributed by atoms with Gasteiger partial charge in [-0.3, -0.25) is 9.10 Å². The first kappa shape index (κ1) is 22.5. The van der Waals surface area contributed by atoms with Gasteiger partial charge in [0, 0.05) is 13.0 Å². The van der Waals surface area contributed by atoms with Gasteiger partial charge in [-0.25, -0.2) is 8.42 Å². The molecule has 7 nitrogen and oxygen atoms in total. The molecule has 0 saturated heterocycles. The number of rotatable bonds is 10. The number of ether oxygens (including phenoxy) is 2. The van der Waals surface area contributed by atoms with Crippen molar-refractivity contribution in [1.29, 1.82) is 0 Å². The molecule has 8 heteroatoms. The number of amides is 1. The minimum Gasteiger partial charge on any atom is -0.495 e. The maximum absolute atomic E-state index is 12.4. The summed E-state index contributed by atoms with van der Waals surface area (Å²) in [5.41, 5.74) is 2.06. The Morgan fingerprint density at radius 2 is 1.86 bits per heavy atom. The largest absolute Gasteiger partial charge is 0.495 e. The number of anilines is 2. The number of nitrogens with one attached hydrogen (secondary N) is 1. The average molecular weight is 421 g/mol. The Kier molecular flexibility index (Phi) is 7.90. The van der Waals surface area contributed by atoms with Gasteiger partial charge in [-0.1, -0.05) is 18.2 Å². The highest BCUT2D eigenvalue weighted by Gasteiger charge is 2.21. The van der Waals surface area contributed by atoms with Crippen molar-refractivity contribution in [3.63, 3.8) is 0 Å². The van der Waals surface area contributed by atoms with Crippen molar-refractivity contribution in [3.05, 3.63) is 48.0 Å². The highest BCUT2D eigenvalue weighted by atomic mass is 32.2. The van der Waals surface area contributed by atoms with Gasteiger partial charge in [0.15, 0.2) is 0 Å². The number of aryl methyl sites for hydroxylation is 1. The fourth-order valence-corrected chi connectivity index (χ4v) is 3.89. The van der Waals surface area contributed by atoms with Crippen molar-refractivity contribution in [2.24, 2.45) is 0 Å². The second-order valence-electron chi connectivity index (χ2n) is 6.59. The smallest absolute Gasteiger partial charge is 0.232 e. The fraction of sp³-hybridized carbons (Fsp3) is 0.381. The molecule has 0 spiro atoms. The van der Waals surface area contributed by atoms with Gasteiger partial charge in [-0.15, -0.1) is 0 Å². The molecule has 0 aromatic heterocycles. The van der Waals surface area contributed by atoms with Gasteiger partial charge in [0.05, 0.1) is 31.3 Å². The third kappa shape index (κ3) is 6.39. The molecule has 0 saturated carbocycles. The number of nitrogens with zero attached hydrogens (tertiary/aromatic N) is 1. The summed E-state index contributed by atoms with van der Waals surface area (Å²) in [5, 5.41) is 2.83. The number of sulfonamides is 1. The molecule has 1 amide bonds. The molecule has 2 aromatic rings. The van der Waals surface area contributed by atoms with Gasteiger partial charge in [0.1, 0.15) is 11.5 Å². The normalized spacial score (nSPS) is 11.0. The molecule has 2 rings (SSSR count). The topological polar surface area (TPSA) is 84.9 Å². The zero-order valence-corrected chi connectivity index (χ0v) is 18.1. The van der Waals surface area contributed by atoms with Crippen molar-refractivity contribution >= 4 is 27.3 Å². The lowest BCUT2D eigenvalue weighted by Crippen LogP contribution is -2.32. The predicted octanol–water partition coefficient (Wildman–Crippen LogP) is 3.59. The predicted molar refractivity (Wildman–Crippen MR) is 115 cm³/mol. The Hall–Kier alpha value is -2.74. The van der Waals surface area contributed by atoms with E-state index in [4.69, 9.17) is 9.47 Å². The van der Waals surface area contributed by atoms with Crippen LogP contribution in [0.15, 0.2) is 42.5 Å². The SMILES string of the molecule is CCOc1ccccc1N(CCCC(=O)Nc1cc(C)ccc1OC)S(C)(=O)=O. The monoisotopic (exact) mass is 420 g/mol. The van der Waals surface area contributed by atoms with Crippen LogP contribution in [0.4, 0.5) is 11.4 Å². The van der Waals surface area contributed by atoms with Gasteiger partial charge in [0.25, 0.3) is 0 Å². The molecule has 0 fully saturated rings. The van der Waals surface area contributed by atoms with Gasteiger partial charge in [-0.05, 0) is 50.1 Å².